The molecule has 2 aromatic carbocycles. The van der Waals surface area contributed by atoms with E-state index in [1.54, 1.807) is 12.1 Å². The number of hydrogen-bond acceptors (Lipinski definition) is 4. The third-order valence-corrected chi connectivity index (χ3v) is 5.35. The van der Waals surface area contributed by atoms with Crippen LogP contribution in [0.4, 0.5) is 4.79 Å². The summed E-state index contributed by atoms with van der Waals surface area (Å²) in [6.07, 6.45) is -0.510. The molecule has 1 atom stereocenters. The van der Waals surface area contributed by atoms with Crippen LogP contribution in [0.2, 0.25) is 10.0 Å². The van der Waals surface area contributed by atoms with Crippen molar-refractivity contribution in [2.24, 2.45) is 0 Å². The van der Waals surface area contributed by atoms with Crippen molar-refractivity contribution in [1.82, 2.24) is 9.80 Å². The number of hydrogen-bond donors (Lipinski definition) is 1. The van der Waals surface area contributed by atoms with E-state index in [-0.39, 0.29) is 13.2 Å². The zero-order valence-electron chi connectivity index (χ0n) is 15.1. The van der Waals surface area contributed by atoms with Crippen LogP contribution in [0.1, 0.15) is 11.1 Å². The molecule has 1 aliphatic heterocycles. The molecule has 0 bridgehead atoms. The number of rotatable bonds is 5. The average Bonchev–Trinajstić information content (AvgIpc) is 2.70. The Morgan fingerprint density at radius 1 is 1.04 bits per heavy atom. The van der Waals surface area contributed by atoms with Crippen molar-refractivity contribution < 1.29 is 19.4 Å². The van der Waals surface area contributed by atoms with Crippen LogP contribution in [-0.4, -0.2) is 52.6 Å². The van der Waals surface area contributed by atoms with Gasteiger partial charge in [0.25, 0.3) is 0 Å². The first-order chi connectivity index (χ1) is 13.4. The van der Waals surface area contributed by atoms with Crippen LogP contribution in [0.15, 0.2) is 48.5 Å². The fraction of sp³-hybridized carbons (Fsp3) is 0.300. The predicted molar refractivity (Wildman–Crippen MR) is 106 cm³/mol. The number of aliphatic carboxylic acids is 1. The van der Waals surface area contributed by atoms with Gasteiger partial charge in [-0.1, -0.05) is 59.6 Å². The Hall–Kier alpha value is -2.28. The number of carbonyl (C=O) groups excluding carboxylic acids is 1. The first kappa shape index (κ1) is 20.5. The van der Waals surface area contributed by atoms with E-state index in [1.165, 1.54) is 4.90 Å². The number of ether oxygens (including phenoxy) is 1. The highest BCUT2D eigenvalue weighted by atomic mass is 35.5. The SMILES string of the molecule is O=C(O)[C@@H]1CN(C(=O)OCc2ccccc2)CCN1Cc1ccc(Cl)c(Cl)c1. The molecule has 0 radical (unpaired) electrons. The summed E-state index contributed by atoms with van der Waals surface area (Å²) in [5.41, 5.74) is 1.74. The third kappa shape index (κ3) is 5.16. The van der Waals surface area contributed by atoms with Crippen LogP contribution in [-0.2, 0) is 22.7 Å². The maximum atomic E-state index is 12.3. The Kier molecular flexibility index (Phi) is 6.78. The number of benzene rings is 2. The molecule has 2 aromatic rings. The Morgan fingerprint density at radius 3 is 2.46 bits per heavy atom. The van der Waals surface area contributed by atoms with E-state index in [2.05, 4.69) is 0 Å². The predicted octanol–water partition coefficient (Wildman–Crippen LogP) is 3.90. The fourth-order valence-corrected chi connectivity index (χ4v) is 3.41. The lowest BCUT2D eigenvalue weighted by molar-refractivity contribution is -0.145. The minimum atomic E-state index is -0.986. The van der Waals surface area contributed by atoms with E-state index in [0.717, 1.165) is 11.1 Å². The van der Waals surface area contributed by atoms with Crippen LogP contribution in [0, 0.1) is 0 Å². The molecule has 0 aliphatic carbocycles. The first-order valence-corrected chi connectivity index (χ1v) is 9.56. The molecule has 8 heteroatoms. The van der Waals surface area contributed by atoms with Gasteiger partial charge < -0.3 is 14.7 Å². The highest BCUT2D eigenvalue weighted by Crippen LogP contribution is 2.24. The molecule has 0 aromatic heterocycles. The Labute approximate surface area is 173 Å². The molecule has 0 saturated carbocycles. The number of nitrogens with zero attached hydrogens (tertiary/aromatic N) is 2. The molecule has 3 rings (SSSR count). The smallest absolute Gasteiger partial charge is 0.410 e. The van der Waals surface area contributed by atoms with E-state index < -0.39 is 18.1 Å². The van der Waals surface area contributed by atoms with Gasteiger partial charge in [0.2, 0.25) is 0 Å². The van der Waals surface area contributed by atoms with Crippen molar-refractivity contribution in [3.63, 3.8) is 0 Å². The highest BCUT2D eigenvalue weighted by Gasteiger charge is 2.34. The summed E-state index contributed by atoms with van der Waals surface area (Å²) in [5, 5.41) is 10.5. The van der Waals surface area contributed by atoms with Gasteiger partial charge >= 0.3 is 12.1 Å². The maximum absolute atomic E-state index is 12.3. The second-order valence-electron chi connectivity index (χ2n) is 6.56. The lowest BCUT2D eigenvalue weighted by Gasteiger charge is -2.38. The molecule has 1 saturated heterocycles. The van der Waals surface area contributed by atoms with Gasteiger partial charge in [0.1, 0.15) is 12.6 Å². The van der Waals surface area contributed by atoms with Crippen molar-refractivity contribution >= 4 is 35.3 Å². The van der Waals surface area contributed by atoms with Crippen LogP contribution in [0.3, 0.4) is 0 Å². The molecular weight excluding hydrogens is 403 g/mol. The molecule has 6 nitrogen and oxygen atoms in total. The van der Waals surface area contributed by atoms with Crippen molar-refractivity contribution in [1.29, 1.82) is 0 Å². The Morgan fingerprint density at radius 2 is 1.79 bits per heavy atom. The number of amides is 1. The first-order valence-electron chi connectivity index (χ1n) is 8.80. The summed E-state index contributed by atoms with van der Waals surface area (Å²) in [6, 6.07) is 13.7. The molecule has 1 aliphatic rings. The quantitative estimate of drug-likeness (QED) is 0.790. The van der Waals surface area contributed by atoms with Gasteiger partial charge in [0.15, 0.2) is 0 Å². The van der Waals surface area contributed by atoms with Gasteiger partial charge in [0, 0.05) is 19.6 Å². The average molecular weight is 423 g/mol. The van der Waals surface area contributed by atoms with E-state index in [9.17, 15) is 14.7 Å². The topological polar surface area (TPSA) is 70.1 Å². The number of carboxylic acids is 1. The van der Waals surface area contributed by atoms with Crippen LogP contribution >= 0.6 is 23.2 Å². The van der Waals surface area contributed by atoms with Crippen molar-refractivity contribution in [3.8, 4) is 0 Å². The molecular formula is C20H20Cl2N2O4. The highest BCUT2D eigenvalue weighted by molar-refractivity contribution is 6.42. The zero-order valence-corrected chi connectivity index (χ0v) is 16.6. The summed E-state index contributed by atoms with van der Waals surface area (Å²) in [4.78, 5) is 27.3. The fourth-order valence-electron chi connectivity index (χ4n) is 3.09. The van der Waals surface area contributed by atoms with Crippen molar-refractivity contribution in [2.45, 2.75) is 19.2 Å². The van der Waals surface area contributed by atoms with Crippen molar-refractivity contribution in [3.05, 3.63) is 69.7 Å². The molecule has 1 heterocycles. The van der Waals surface area contributed by atoms with Crippen LogP contribution in [0.5, 0.6) is 0 Å². The molecule has 1 fully saturated rings. The number of piperazine rings is 1. The van der Waals surface area contributed by atoms with Crippen molar-refractivity contribution in [2.75, 3.05) is 19.6 Å². The van der Waals surface area contributed by atoms with E-state index >= 15 is 0 Å². The number of carboxylic acid groups (broad SMARTS) is 1. The normalized spacial score (nSPS) is 17.4. The second kappa shape index (κ2) is 9.28. The minimum absolute atomic E-state index is 0.0598. The number of carbonyl (C=O) groups is 2. The van der Waals surface area contributed by atoms with Gasteiger partial charge in [0.05, 0.1) is 16.6 Å². The van der Waals surface area contributed by atoms with Gasteiger partial charge in [-0.05, 0) is 23.3 Å². The maximum Gasteiger partial charge on any atom is 0.410 e. The molecule has 1 amide bonds. The third-order valence-electron chi connectivity index (χ3n) is 4.61. The molecule has 0 spiro atoms. The van der Waals surface area contributed by atoms with E-state index in [0.29, 0.717) is 29.7 Å². The standard InChI is InChI=1S/C20H20Cl2N2O4/c21-16-7-6-15(10-17(16)22)11-23-8-9-24(12-18(23)19(25)26)20(27)28-13-14-4-2-1-3-5-14/h1-7,10,18H,8-9,11-13H2,(H,25,26)/t18-/m0/s1. The van der Waals surface area contributed by atoms with Gasteiger partial charge in [-0.3, -0.25) is 9.69 Å². The summed E-state index contributed by atoms with van der Waals surface area (Å²) in [7, 11) is 0. The minimum Gasteiger partial charge on any atom is -0.480 e. The lowest BCUT2D eigenvalue weighted by Crippen LogP contribution is -2.57. The van der Waals surface area contributed by atoms with Crippen LogP contribution in [0.25, 0.3) is 0 Å². The summed E-state index contributed by atoms with van der Waals surface area (Å²) < 4.78 is 5.32. The monoisotopic (exact) mass is 422 g/mol. The van der Waals surface area contributed by atoms with Gasteiger partial charge in [-0.2, -0.15) is 0 Å². The molecule has 0 unspecified atom stereocenters. The Bertz CT molecular complexity index is 847. The molecule has 1 N–H and O–H groups in total. The molecule has 28 heavy (non-hydrogen) atoms. The second-order valence-corrected chi connectivity index (χ2v) is 7.37. The van der Waals surface area contributed by atoms with Crippen LogP contribution < -0.4 is 0 Å². The van der Waals surface area contributed by atoms with Gasteiger partial charge in [-0.15, -0.1) is 0 Å². The lowest BCUT2D eigenvalue weighted by atomic mass is 10.1. The zero-order chi connectivity index (χ0) is 20.1. The molecule has 148 valence electrons. The van der Waals surface area contributed by atoms with Gasteiger partial charge in [-0.25, -0.2) is 4.79 Å². The van der Waals surface area contributed by atoms with E-state index in [4.69, 9.17) is 27.9 Å². The summed E-state index contributed by atoms with van der Waals surface area (Å²) in [6.45, 7) is 1.42. The summed E-state index contributed by atoms with van der Waals surface area (Å²) in [5.74, 6) is -0.986. The van der Waals surface area contributed by atoms with E-state index in [1.807, 2.05) is 41.3 Å². The number of halogens is 2. The Balaban J connectivity index is 1.61. The summed E-state index contributed by atoms with van der Waals surface area (Å²) >= 11 is 12.0. The largest absolute Gasteiger partial charge is 0.480 e.